The molecule has 8 heteroatoms. The molecule has 0 atom stereocenters. The number of aromatic amines is 1. The van der Waals surface area contributed by atoms with E-state index in [-0.39, 0.29) is 5.91 Å². The lowest BCUT2D eigenvalue weighted by Crippen LogP contribution is -2.28. The smallest absolute Gasteiger partial charge is 0.228 e. The van der Waals surface area contributed by atoms with E-state index in [1.165, 1.54) is 0 Å². The van der Waals surface area contributed by atoms with Gasteiger partial charge in [0.2, 0.25) is 5.91 Å². The first-order valence-electron chi connectivity index (χ1n) is 6.57. The molecule has 0 saturated heterocycles. The molecule has 0 unspecified atom stereocenters. The fourth-order valence-electron chi connectivity index (χ4n) is 2.12. The predicted molar refractivity (Wildman–Crippen MR) is 79.1 cm³/mol. The number of hydrogen-bond acceptors (Lipinski definition) is 5. The number of imidazole rings is 1. The summed E-state index contributed by atoms with van der Waals surface area (Å²) in [5, 5.41) is 8.80. The standard InChI is InChI=1S/C13H16N6OS/c1-8-5-19-10(7-21-13(19)14-8)4-12(20)18(3)6-11-15-9(2)16-17-11/h5,7H,4,6H2,1-3H3,(H,15,16,17). The minimum absolute atomic E-state index is 0.0310. The lowest BCUT2D eigenvalue weighted by molar-refractivity contribution is -0.129. The quantitative estimate of drug-likeness (QED) is 0.788. The number of nitrogens with zero attached hydrogens (tertiary/aromatic N) is 5. The summed E-state index contributed by atoms with van der Waals surface area (Å²) in [6.45, 7) is 4.18. The molecule has 0 bridgehead atoms. The molecule has 0 aliphatic heterocycles. The highest BCUT2D eigenvalue weighted by atomic mass is 32.1. The van der Waals surface area contributed by atoms with Gasteiger partial charge in [-0.05, 0) is 13.8 Å². The number of thiazole rings is 1. The zero-order valence-corrected chi connectivity index (χ0v) is 12.9. The van der Waals surface area contributed by atoms with E-state index >= 15 is 0 Å². The third-order valence-corrected chi connectivity index (χ3v) is 4.07. The van der Waals surface area contributed by atoms with Crippen LogP contribution in [0.2, 0.25) is 0 Å². The van der Waals surface area contributed by atoms with Crippen LogP contribution in [0.3, 0.4) is 0 Å². The predicted octanol–water partition coefficient (Wildman–Crippen LogP) is 1.33. The van der Waals surface area contributed by atoms with E-state index in [4.69, 9.17) is 0 Å². The number of aryl methyl sites for hydroxylation is 2. The summed E-state index contributed by atoms with van der Waals surface area (Å²) in [7, 11) is 1.76. The lowest BCUT2D eigenvalue weighted by Gasteiger charge is -2.14. The fraction of sp³-hybridized carbons (Fsp3) is 0.385. The van der Waals surface area contributed by atoms with Crippen LogP contribution in [0.5, 0.6) is 0 Å². The van der Waals surface area contributed by atoms with Crippen molar-refractivity contribution >= 4 is 22.2 Å². The summed E-state index contributed by atoms with van der Waals surface area (Å²) in [4.78, 5) is 23.5. The van der Waals surface area contributed by atoms with Crippen LogP contribution in [-0.2, 0) is 17.8 Å². The Morgan fingerprint density at radius 1 is 1.43 bits per heavy atom. The fourth-order valence-corrected chi connectivity index (χ4v) is 3.04. The first-order valence-corrected chi connectivity index (χ1v) is 7.45. The second kappa shape index (κ2) is 5.28. The largest absolute Gasteiger partial charge is 0.338 e. The van der Waals surface area contributed by atoms with Crippen LogP contribution in [0.4, 0.5) is 0 Å². The summed E-state index contributed by atoms with van der Waals surface area (Å²) in [6, 6.07) is 0. The monoisotopic (exact) mass is 304 g/mol. The van der Waals surface area contributed by atoms with Gasteiger partial charge in [-0.1, -0.05) is 0 Å². The Balaban J connectivity index is 1.70. The van der Waals surface area contributed by atoms with Crippen molar-refractivity contribution in [3.05, 3.63) is 34.6 Å². The maximum absolute atomic E-state index is 12.3. The van der Waals surface area contributed by atoms with E-state index in [0.717, 1.165) is 22.2 Å². The van der Waals surface area contributed by atoms with Crippen LogP contribution in [-0.4, -0.2) is 42.4 Å². The highest BCUT2D eigenvalue weighted by molar-refractivity contribution is 7.15. The van der Waals surface area contributed by atoms with E-state index < -0.39 is 0 Å². The van der Waals surface area contributed by atoms with E-state index in [1.807, 2.05) is 29.8 Å². The second-order valence-electron chi connectivity index (χ2n) is 5.03. The molecule has 3 aromatic rings. The maximum atomic E-state index is 12.3. The molecule has 0 aliphatic carbocycles. The molecule has 3 aromatic heterocycles. The average molecular weight is 304 g/mol. The number of fused-ring (bicyclic) bond motifs is 1. The van der Waals surface area contributed by atoms with Gasteiger partial charge >= 0.3 is 0 Å². The third kappa shape index (κ3) is 2.80. The number of carbonyl (C=O) groups excluding carboxylic acids is 1. The Morgan fingerprint density at radius 2 is 2.24 bits per heavy atom. The highest BCUT2D eigenvalue weighted by Crippen LogP contribution is 2.17. The third-order valence-electron chi connectivity index (χ3n) is 3.18. The van der Waals surface area contributed by atoms with Crippen molar-refractivity contribution in [1.82, 2.24) is 29.5 Å². The molecular formula is C13H16N6OS. The number of aromatic nitrogens is 5. The number of nitrogens with one attached hydrogen (secondary N) is 1. The van der Waals surface area contributed by atoms with Gasteiger partial charge < -0.3 is 4.90 Å². The number of hydrogen-bond donors (Lipinski definition) is 1. The van der Waals surface area contributed by atoms with E-state index in [9.17, 15) is 4.79 Å². The Kier molecular flexibility index (Phi) is 3.46. The molecule has 0 spiro atoms. The van der Waals surface area contributed by atoms with Crippen LogP contribution < -0.4 is 0 Å². The van der Waals surface area contributed by atoms with Gasteiger partial charge in [0, 0.05) is 24.3 Å². The summed E-state index contributed by atoms with van der Waals surface area (Å²) < 4.78 is 1.97. The lowest BCUT2D eigenvalue weighted by atomic mass is 10.3. The van der Waals surface area contributed by atoms with Crippen molar-refractivity contribution in [2.45, 2.75) is 26.8 Å². The summed E-state index contributed by atoms with van der Waals surface area (Å²) in [5.74, 6) is 1.40. The molecule has 0 saturated carbocycles. The molecule has 0 fully saturated rings. The van der Waals surface area contributed by atoms with Crippen molar-refractivity contribution < 1.29 is 4.79 Å². The minimum atomic E-state index is 0.0310. The molecule has 0 radical (unpaired) electrons. The van der Waals surface area contributed by atoms with Crippen molar-refractivity contribution in [2.75, 3.05) is 7.05 Å². The molecule has 3 heterocycles. The van der Waals surface area contributed by atoms with Crippen LogP contribution >= 0.6 is 11.3 Å². The number of amides is 1. The molecule has 1 amide bonds. The van der Waals surface area contributed by atoms with Crippen molar-refractivity contribution in [2.24, 2.45) is 0 Å². The zero-order chi connectivity index (χ0) is 15.0. The van der Waals surface area contributed by atoms with Crippen molar-refractivity contribution in [3.63, 3.8) is 0 Å². The molecule has 0 aromatic carbocycles. The number of likely N-dealkylation sites (N-methyl/N-ethyl adjacent to an activating group) is 1. The van der Waals surface area contributed by atoms with Gasteiger partial charge in [-0.3, -0.25) is 14.3 Å². The van der Waals surface area contributed by atoms with Crippen molar-refractivity contribution in [3.8, 4) is 0 Å². The maximum Gasteiger partial charge on any atom is 0.228 e. The summed E-state index contributed by atoms with van der Waals surface area (Å²) in [6.07, 6.45) is 2.29. The topological polar surface area (TPSA) is 79.2 Å². The molecule has 110 valence electrons. The van der Waals surface area contributed by atoms with E-state index in [2.05, 4.69) is 20.2 Å². The Bertz CT molecular complexity index is 786. The van der Waals surface area contributed by atoms with Crippen LogP contribution in [0.25, 0.3) is 4.96 Å². The van der Waals surface area contributed by atoms with Crippen LogP contribution in [0.15, 0.2) is 11.6 Å². The SMILES string of the molecule is Cc1cn2c(CC(=O)N(C)Cc3n[nH]c(C)n3)csc2n1. The van der Waals surface area contributed by atoms with Gasteiger partial charge in [-0.25, -0.2) is 9.97 Å². The molecule has 7 nitrogen and oxygen atoms in total. The first-order chi connectivity index (χ1) is 10.0. The second-order valence-corrected chi connectivity index (χ2v) is 5.86. The van der Waals surface area contributed by atoms with Crippen LogP contribution in [0.1, 0.15) is 23.0 Å². The van der Waals surface area contributed by atoms with Gasteiger partial charge in [0.05, 0.1) is 18.7 Å². The molecular weight excluding hydrogens is 288 g/mol. The summed E-state index contributed by atoms with van der Waals surface area (Å²) in [5.41, 5.74) is 1.92. The number of rotatable bonds is 4. The molecule has 3 rings (SSSR count). The van der Waals surface area contributed by atoms with Gasteiger partial charge in [-0.2, -0.15) is 5.10 Å². The summed E-state index contributed by atoms with van der Waals surface area (Å²) >= 11 is 1.55. The van der Waals surface area contributed by atoms with Gasteiger partial charge in [0.15, 0.2) is 10.8 Å². The van der Waals surface area contributed by atoms with E-state index in [1.54, 1.807) is 23.3 Å². The van der Waals surface area contributed by atoms with Gasteiger partial charge in [0.1, 0.15) is 5.82 Å². The Hall–Kier alpha value is -2.22. The Morgan fingerprint density at radius 3 is 2.95 bits per heavy atom. The zero-order valence-electron chi connectivity index (χ0n) is 12.1. The minimum Gasteiger partial charge on any atom is -0.338 e. The Labute approximate surface area is 125 Å². The molecule has 0 aliphatic rings. The van der Waals surface area contributed by atoms with Crippen molar-refractivity contribution in [1.29, 1.82) is 0 Å². The van der Waals surface area contributed by atoms with Gasteiger partial charge in [0.25, 0.3) is 0 Å². The average Bonchev–Trinajstić information content (AvgIpc) is 3.08. The normalized spacial score (nSPS) is 11.2. The van der Waals surface area contributed by atoms with Gasteiger partial charge in [-0.15, -0.1) is 11.3 Å². The first kappa shape index (κ1) is 13.7. The highest BCUT2D eigenvalue weighted by Gasteiger charge is 2.15. The van der Waals surface area contributed by atoms with Crippen LogP contribution in [0, 0.1) is 13.8 Å². The molecule has 21 heavy (non-hydrogen) atoms. The molecule has 1 N–H and O–H groups in total. The number of H-pyrrole nitrogens is 1. The van der Waals surface area contributed by atoms with E-state index in [0.29, 0.717) is 18.8 Å². The number of carbonyl (C=O) groups is 1.